The third-order valence-corrected chi connectivity index (χ3v) is 1.27. The van der Waals surface area contributed by atoms with Crippen LogP contribution in [0.3, 0.4) is 0 Å². The lowest BCUT2D eigenvalue weighted by Gasteiger charge is -1.82. The van der Waals surface area contributed by atoms with E-state index in [1.54, 1.807) is 11.8 Å². The quantitative estimate of drug-likeness (QED) is 0.330. The Morgan fingerprint density at radius 2 is 2.57 bits per heavy atom. The van der Waals surface area contributed by atoms with Gasteiger partial charge in [-0.15, -0.1) is 11.8 Å². The lowest BCUT2D eigenvalue weighted by molar-refractivity contribution is 1.39. The second-order valence-corrected chi connectivity index (χ2v) is 2.30. The highest BCUT2D eigenvalue weighted by Gasteiger charge is 1.73. The summed E-state index contributed by atoms with van der Waals surface area (Å²) < 4.78 is 0. The Morgan fingerprint density at radius 3 is 3.00 bits per heavy atom. The smallest absolute Gasteiger partial charge is 0.0946 e. The van der Waals surface area contributed by atoms with Gasteiger partial charge in [-0.25, -0.2) is 4.99 Å². The minimum Gasteiger partial charge on any atom is -0.222 e. The van der Waals surface area contributed by atoms with Crippen molar-refractivity contribution >= 4 is 29.1 Å². The SMILES string of the molecule is CCSCN=C=S. The van der Waals surface area contributed by atoms with Crippen molar-refractivity contribution in [3.05, 3.63) is 0 Å². The molecule has 0 saturated heterocycles. The van der Waals surface area contributed by atoms with Crippen LogP contribution in [0.25, 0.3) is 0 Å². The third kappa shape index (κ3) is 6.15. The molecule has 0 fully saturated rings. The molecule has 7 heavy (non-hydrogen) atoms. The number of thiocarbonyl (C=S) groups is 1. The van der Waals surface area contributed by atoms with Crippen molar-refractivity contribution < 1.29 is 0 Å². The molecule has 0 spiro atoms. The molecule has 0 N–H and O–H groups in total. The van der Waals surface area contributed by atoms with E-state index >= 15 is 0 Å². The average Bonchev–Trinajstić information content (AvgIpc) is 1.69. The van der Waals surface area contributed by atoms with E-state index in [0.717, 1.165) is 11.6 Å². The summed E-state index contributed by atoms with van der Waals surface area (Å²) >= 11 is 6.07. The van der Waals surface area contributed by atoms with E-state index in [0.29, 0.717) is 0 Å². The monoisotopic (exact) mass is 133 g/mol. The molecular weight excluding hydrogens is 126 g/mol. The van der Waals surface area contributed by atoms with Crippen molar-refractivity contribution in [2.75, 3.05) is 11.6 Å². The van der Waals surface area contributed by atoms with E-state index in [4.69, 9.17) is 0 Å². The van der Waals surface area contributed by atoms with Crippen LogP contribution < -0.4 is 0 Å². The molecule has 40 valence electrons. The molecule has 0 aliphatic carbocycles. The van der Waals surface area contributed by atoms with Gasteiger partial charge in [0.25, 0.3) is 0 Å². The van der Waals surface area contributed by atoms with Gasteiger partial charge in [-0.2, -0.15) is 0 Å². The number of rotatable bonds is 3. The molecule has 0 aliphatic heterocycles. The molecule has 0 atom stereocenters. The number of aliphatic imine (C=N–C) groups is 1. The van der Waals surface area contributed by atoms with Gasteiger partial charge >= 0.3 is 0 Å². The highest BCUT2D eigenvalue weighted by atomic mass is 32.2. The first-order chi connectivity index (χ1) is 3.41. The fraction of sp³-hybridized carbons (Fsp3) is 0.750. The minimum absolute atomic E-state index is 0.764. The third-order valence-electron chi connectivity index (χ3n) is 0.425. The summed E-state index contributed by atoms with van der Waals surface area (Å²) in [5.41, 5.74) is 0. The van der Waals surface area contributed by atoms with Gasteiger partial charge in [0.15, 0.2) is 0 Å². The van der Waals surface area contributed by atoms with Crippen LogP contribution >= 0.6 is 24.0 Å². The minimum atomic E-state index is 0.764. The van der Waals surface area contributed by atoms with E-state index in [1.165, 1.54) is 0 Å². The van der Waals surface area contributed by atoms with Crippen LogP contribution in [0.4, 0.5) is 0 Å². The molecule has 0 aliphatic rings. The second kappa shape index (κ2) is 6.15. The van der Waals surface area contributed by atoms with Crippen LogP contribution in [0, 0.1) is 0 Å². The highest BCUT2D eigenvalue weighted by molar-refractivity contribution is 7.99. The Bertz CT molecular complexity index is 75.8. The maximum absolute atomic E-state index is 4.34. The Kier molecular flexibility index (Phi) is 6.28. The standard InChI is InChI=1S/C4H7NS2/c1-2-7-4-5-3-6/h2,4H2,1H3. The van der Waals surface area contributed by atoms with Gasteiger partial charge in [0.1, 0.15) is 0 Å². The Hall–Kier alpha value is 0.150. The van der Waals surface area contributed by atoms with Crippen LogP contribution in [0.15, 0.2) is 4.99 Å². The molecule has 0 heterocycles. The highest BCUT2D eigenvalue weighted by Crippen LogP contribution is 1.95. The fourth-order valence-electron chi connectivity index (χ4n) is 0.163. The number of nitrogens with zero attached hydrogens (tertiary/aromatic N) is 1. The summed E-state index contributed by atoms with van der Waals surface area (Å²) in [6.45, 7) is 2.09. The number of hydrogen-bond donors (Lipinski definition) is 0. The average molecular weight is 133 g/mol. The van der Waals surface area contributed by atoms with Gasteiger partial charge < -0.3 is 0 Å². The lowest BCUT2D eigenvalue weighted by Crippen LogP contribution is -1.68. The first kappa shape index (κ1) is 7.15. The van der Waals surface area contributed by atoms with Crippen LogP contribution in [-0.2, 0) is 0 Å². The van der Waals surface area contributed by atoms with E-state index in [9.17, 15) is 0 Å². The molecule has 0 amide bonds. The lowest BCUT2D eigenvalue weighted by atomic mass is 11.0. The molecule has 0 rings (SSSR count). The summed E-state index contributed by atoms with van der Waals surface area (Å²) in [4.78, 5) is 3.69. The summed E-state index contributed by atoms with van der Waals surface area (Å²) in [5, 5.41) is 2.29. The molecule has 0 unspecified atom stereocenters. The maximum atomic E-state index is 4.34. The zero-order valence-electron chi connectivity index (χ0n) is 4.18. The van der Waals surface area contributed by atoms with Crippen LogP contribution in [-0.4, -0.2) is 16.8 Å². The Labute approximate surface area is 53.2 Å². The first-order valence-electron chi connectivity index (χ1n) is 2.03. The molecule has 1 nitrogen and oxygen atoms in total. The first-order valence-corrected chi connectivity index (χ1v) is 3.59. The predicted molar refractivity (Wildman–Crippen MR) is 38.0 cm³/mol. The van der Waals surface area contributed by atoms with Gasteiger partial charge in [-0.05, 0) is 18.0 Å². The van der Waals surface area contributed by atoms with Crippen molar-refractivity contribution in [2.45, 2.75) is 6.92 Å². The van der Waals surface area contributed by atoms with Crippen LogP contribution in [0.2, 0.25) is 0 Å². The Balaban J connectivity index is 2.83. The number of hydrogen-bond acceptors (Lipinski definition) is 3. The van der Waals surface area contributed by atoms with Crippen molar-refractivity contribution in [3.63, 3.8) is 0 Å². The van der Waals surface area contributed by atoms with Crippen molar-refractivity contribution in [1.82, 2.24) is 0 Å². The van der Waals surface area contributed by atoms with Gasteiger partial charge in [-0.3, -0.25) is 0 Å². The normalized spacial score (nSPS) is 7.57. The maximum Gasteiger partial charge on any atom is 0.0946 e. The summed E-state index contributed by atoms with van der Waals surface area (Å²) in [5.74, 6) is 1.86. The van der Waals surface area contributed by atoms with Gasteiger partial charge in [0, 0.05) is 0 Å². The van der Waals surface area contributed by atoms with Gasteiger partial charge in [0.05, 0.1) is 11.0 Å². The number of thioether (sulfide) groups is 1. The van der Waals surface area contributed by atoms with Crippen molar-refractivity contribution in [1.29, 1.82) is 0 Å². The Morgan fingerprint density at radius 1 is 1.86 bits per heavy atom. The van der Waals surface area contributed by atoms with Gasteiger partial charge in [-0.1, -0.05) is 6.92 Å². The summed E-state index contributed by atoms with van der Waals surface area (Å²) in [6, 6.07) is 0. The molecule has 0 saturated carbocycles. The summed E-state index contributed by atoms with van der Waals surface area (Å²) in [6.07, 6.45) is 0. The van der Waals surface area contributed by atoms with E-state index in [-0.39, 0.29) is 0 Å². The molecule has 0 bridgehead atoms. The topological polar surface area (TPSA) is 12.4 Å². The molecule has 0 aromatic rings. The molecular formula is C4H7NS2. The van der Waals surface area contributed by atoms with E-state index in [1.807, 2.05) is 0 Å². The van der Waals surface area contributed by atoms with E-state index < -0.39 is 0 Å². The summed E-state index contributed by atoms with van der Waals surface area (Å²) in [7, 11) is 0. The number of isothiocyanates is 1. The largest absolute Gasteiger partial charge is 0.222 e. The molecule has 0 aromatic heterocycles. The molecule has 3 heteroatoms. The van der Waals surface area contributed by atoms with Crippen LogP contribution in [0.1, 0.15) is 6.92 Å². The molecule has 0 radical (unpaired) electrons. The van der Waals surface area contributed by atoms with Crippen molar-refractivity contribution in [3.8, 4) is 0 Å². The van der Waals surface area contributed by atoms with Gasteiger partial charge in [0.2, 0.25) is 0 Å². The fourth-order valence-corrected chi connectivity index (χ4v) is 0.648. The van der Waals surface area contributed by atoms with Crippen molar-refractivity contribution in [2.24, 2.45) is 4.99 Å². The zero-order valence-corrected chi connectivity index (χ0v) is 5.81. The predicted octanol–water partition coefficient (Wildman–Crippen LogP) is 1.80. The second-order valence-electron chi connectivity index (χ2n) is 0.871. The van der Waals surface area contributed by atoms with Crippen LogP contribution in [0.5, 0.6) is 0 Å². The molecule has 0 aromatic carbocycles. The van der Waals surface area contributed by atoms with E-state index in [2.05, 4.69) is 29.3 Å². The zero-order chi connectivity index (χ0) is 5.54.